The van der Waals surface area contributed by atoms with Crippen LogP contribution in [0, 0.1) is 13.8 Å². The molecule has 0 bridgehead atoms. The van der Waals surface area contributed by atoms with Gasteiger partial charge in [-0.2, -0.15) is 11.8 Å². The third kappa shape index (κ3) is 10.3. The second-order valence-electron chi connectivity index (χ2n) is 10.8. The predicted molar refractivity (Wildman–Crippen MR) is 145 cm³/mol. The van der Waals surface area contributed by atoms with E-state index in [-0.39, 0.29) is 18.4 Å². The van der Waals surface area contributed by atoms with E-state index < -0.39 is 29.3 Å². The van der Waals surface area contributed by atoms with E-state index in [1.54, 1.807) is 38.6 Å². The number of alkyl carbamates (subject to hydrolysis) is 1. The summed E-state index contributed by atoms with van der Waals surface area (Å²) in [5.74, 6) is -0.00400. The lowest BCUT2D eigenvalue weighted by Crippen LogP contribution is -2.55. The van der Waals surface area contributed by atoms with Gasteiger partial charge in [-0.15, -0.1) is 6.58 Å². The quantitative estimate of drug-likeness (QED) is 0.441. The smallest absolute Gasteiger partial charge is 0.408 e. The highest BCUT2D eigenvalue weighted by atomic mass is 32.2. The van der Waals surface area contributed by atoms with Crippen molar-refractivity contribution in [1.82, 2.24) is 15.5 Å². The monoisotopic (exact) mass is 505 g/mol. The zero-order valence-electron chi connectivity index (χ0n) is 22.8. The number of amides is 3. The van der Waals surface area contributed by atoms with Gasteiger partial charge in [0.15, 0.2) is 0 Å². The maximum absolute atomic E-state index is 13.9. The van der Waals surface area contributed by atoms with Gasteiger partial charge in [0.1, 0.15) is 17.7 Å². The molecule has 0 aliphatic rings. The summed E-state index contributed by atoms with van der Waals surface area (Å²) in [6.07, 6.45) is 3.26. The van der Waals surface area contributed by atoms with Crippen LogP contribution < -0.4 is 10.6 Å². The molecule has 0 aliphatic carbocycles. The van der Waals surface area contributed by atoms with Crippen molar-refractivity contribution in [1.29, 1.82) is 0 Å². The molecule has 2 atom stereocenters. The van der Waals surface area contributed by atoms with Crippen LogP contribution in [0.4, 0.5) is 4.79 Å². The van der Waals surface area contributed by atoms with Crippen LogP contribution in [0.25, 0.3) is 0 Å². The molecule has 0 aliphatic heterocycles. The molecular weight excluding hydrogens is 462 g/mol. The number of nitrogens with one attached hydrogen (secondary N) is 2. The molecule has 1 aromatic rings. The summed E-state index contributed by atoms with van der Waals surface area (Å²) < 4.78 is 5.40. The lowest BCUT2D eigenvalue weighted by Gasteiger charge is -2.36. The second kappa shape index (κ2) is 13.0. The van der Waals surface area contributed by atoms with E-state index in [1.807, 2.05) is 59.1 Å². The number of hydrogen-bond acceptors (Lipinski definition) is 5. The van der Waals surface area contributed by atoms with Gasteiger partial charge >= 0.3 is 6.09 Å². The molecule has 2 unspecified atom stereocenters. The topological polar surface area (TPSA) is 87.7 Å². The Kier molecular flexibility index (Phi) is 11.3. The number of nitrogens with zero attached hydrogens (tertiary/aromatic N) is 1. The molecule has 1 rings (SSSR count). The largest absolute Gasteiger partial charge is 0.444 e. The molecule has 0 heterocycles. The number of hydrogen-bond donors (Lipinski definition) is 2. The summed E-state index contributed by atoms with van der Waals surface area (Å²) in [5.41, 5.74) is 1.50. The van der Waals surface area contributed by atoms with Gasteiger partial charge in [-0.1, -0.05) is 29.8 Å². The molecule has 1 aromatic carbocycles. The van der Waals surface area contributed by atoms with Crippen molar-refractivity contribution in [2.45, 2.75) is 85.0 Å². The minimum absolute atomic E-state index is 0.139. The van der Waals surface area contributed by atoms with E-state index in [0.29, 0.717) is 12.2 Å². The van der Waals surface area contributed by atoms with E-state index in [0.717, 1.165) is 16.7 Å². The molecule has 0 saturated carbocycles. The summed E-state index contributed by atoms with van der Waals surface area (Å²) in [5, 5.41) is 5.76. The van der Waals surface area contributed by atoms with Crippen molar-refractivity contribution in [3.8, 4) is 0 Å². The van der Waals surface area contributed by atoms with Crippen LogP contribution in [-0.2, 0) is 14.3 Å². The van der Waals surface area contributed by atoms with Crippen molar-refractivity contribution in [2.24, 2.45) is 0 Å². The zero-order chi connectivity index (χ0) is 27.0. The van der Waals surface area contributed by atoms with Crippen molar-refractivity contribution >= 4 is 29.7 Å². The Morgan fingerprint density at radius 2 is 1.77 bits per heavy atom. The Bertz CT molecular complexity index is 903. The van der Waals surface area contributed by atoms with Crippen LogP contribution in [0.1, 0.15) is 70.7 Å². The first kappa shape index (κ1) is 30.6. The van der Waals surface area contributed by atoms with Gasteiger partial charge in [-0.25, -0.2) is 4.79 Å². The Morgan fingerprint density at radius 3 is 2.26 bits per heavy atom. The van der Waals surface area contributed by atoms with E-state index in [4.69, 9.17) is 4.74 Å². The van der Waals surface area contributed by atoms with Crippen LogP contribution in [0.5, 0.6) is 0 Å². The van der Waals surface area contributed by atoms with E-state index in [9.17, 15) is 14.4 Å². The average Bonchev–Trinajstić information content (AvgIpc) is 2.69. The molecule has 2 N–H and O–H groups in total. The summed E-state index contributed by atoms with van der Waals surface area (Å²) >= 11 is 1.57. The molecule has 7 nitrogen and oxygen atoms in total. The number of benzene rings is 1. The lowest BCUT2D eigenvalue weighted by atomic mass is 9.95. The molecule has 0 spiro atoms. The van der Waals surface area contributed by atoms with Crippen LogP contribution in [0.3, 0.4) is 0 Å². The normalized spacial score (nSPS) is 13.4. The SMILES string of the molecule is C=CCN(C(=O)C(CCSC)NC(=O)OC(C)(C)C)C(C(=O)NC(C)(C)C)c1ccc(C)cc1C. The molecule has 8 heteroatoms. The van der Waals surface area contributed by atoms with Gasteiger partial charge in [-0.05, 0) is 84.9 Å². The van der Waals surface area contributed by atoms with Gasteiger partial charge in [0.25, 0.3) is 0 Å². The standard InChI is InChI=1S/C27H43N3O4S/c1-11-15-30(24(32)21(14-16-35-10)28-25(33)34-27(7,8)9)22(23(31)29-26(4,5)6)20-13-12-18(2)17-19(20)3/h11-13,17,21-22H,1,14-16H2,2-10H3,(H,28,33)(H,29,31). The summed E-state index contributed by atoms with van der Waals surface area (Å²) in [7, 11) is 0. The third-order valence-corrected chi connectivity index (χ3v) is 5.63. The van der Waals surface area contributed by atoms with Crippen LogP contribution >= 0.6 is 11.8 Å². The summed E-state index contributed by atoms with van der Waals surface area (Å²) in [6, 6.07) is 4.07. The number of thioether (sulfide) groups is 1. The Labute approximate surface area is 215 Å². The van der Waals surface area contributed by atoms with Crippen molar-refractivity contribution < 1.29 is 19.1 Å². The highest BCUT2D eigenvalue weighted by molar-refractivity contribution is 7.98. The van der Waals surface area contributed by atoms with Crippen molar-refractivity contribution in [3.05, 3.63) is 47.5 Å². The lowest BCUT2D eigenvalue weighted by molar-refractivity contribution is -0.142. The number of ether oxygens (including phenoxy) is 1. The van der Waals surface area contributed by atoms with Crippen LogP contribution in [0.15, 0.2) is 30.9 Å². The van der Waals surface area contributed by atoms with E-state index >= 15 is 0 Å². The van der Waals surface area contributed by atoms with Gasteiger partial charge in [-0.3, -0.25) is 9.59 Å². The average molecular weight is 506 g/mol. The Hall–Kier alpha value is -2.48. The van der Waals surface area contributed by atoms with Crippen LogP contribution in [0.2, 0.25) is 0 Å². The zero-order valence-corrected chi connectivity index (χ0v) is 23.6. The Morgan fingerprint density at radius 1 is 1.14 bits per heavy atom. The predicted octanol–water partition coefficient (Wildman–Crippen LogP) is 4.92. The van der Waals surface area contributed by atoms with Crippen molar-refractivity contribution in [2.75, 3.05) is 18.6 Å². The first-order valence-electron chi connectivity index (χ1n) is 11.9. The summed E-state index contributed by atoms with van der Waals surface area (Å²) in [4.78, 5) is 41.6. The van der Waals surface area contributed by atoms with Crippen molar-refractivity contribution in [3.63, 3.8) is 0 Å². The van der Waals surface area contributed by atoms with Crippen LogP contribution in [-0.4, -0.2) is 58.5 Å². The Balaban J connectivity index is 3.51. The van der Waals surface area contributed by atoms with Gasteiger partial charge in [0.2, 0.25) is 11.8 Å². The van der Waals surface area contributed by atoms with Gasteiger partial charge in [0, 0.05) is 12.1 Å². The fourth-order valence-electron chi connectivity index (χ4n) is 3.63. The number of rotatable bonds is 10. The molecule has 0 fully saturated rings. The molecular formula is C27H43N3O4S. The number of carbonyl (C=O) groups is 3. The molecule has 0 saturated heterocycles. The third-order valence-electron chi connectivity index (χ3n) is 4.99. The van der Waals surface area contributed by atoms with Gasteiger partial charge < -0.3 is 20.3 Å². The first-order valence-corrected chi connectivity index (χ1v) is 13.3. The minimum atomic E-state index is -0.891. The highest BCUT2D eigenvalue weighted by Crippen LogP contribution is 2.27. The molecule has 196 valence electrons. The molecule has 0 aromatic heterocycles. The number of aryl methyl sites for hydroxylation is 2. The van der Waals surface area contributed by atoms with E-state index in [1.165, 1.54) is 4.90 Å². The minimum Gasteiger partial charge on any atom is -0.444 e. The highest BCUT2D eigenvalue weighted by Gasteiger charge is 2.37. The summed E-state index contributed by atoms with van der Waals surface area (Å²) in [6.45, 7) is 18.9. The maximum atomic E-state index is 13.9. The molecule has 0 radical (unpaired) electrons. The number of carbonyl (C=O) groups excluding carboxylic acids is 3. The first-order chi connectivity index (χ1) is 16.1. The molecule has 3 amide bonds. The molecule has 35 heavy (non-hydrogen) atoms. The second-order valence-corrected chi connectivity index (χ2v) is 11.7. The maximum Gasteiger partial charge on any atom is 0.408 e. The van der Waals surface area contributed by atoms with E-state index in [2.05, 4.69) is 17.2 Å². The van der Waals surface area contributed by atoms with Gasteiger partial charge in [0.05, 0.1) is 0 Å². The fourth-order valence-corrected chi connectivity index (χ4v) is 4.10. The fraction of sp³-hybridized carbons (Fsp3) is 0.593.